The number of fused-ring (bicyclic) bond motifs is 5. The lowest BCUT2D eigenvalue weighted by Crippen LogP contribution is -2.43. The molecule has 3 aliphatic rings. The average molecular weight is 331 g/mol. The van der Waals surface area contributed by atoms with Crippen LogP contribution in [0.4, 0.5) is 0 Å². The number of benzene rings is 1. The van der Waals surface area contributed by atoms with Crippen LogP contribution in [0.25, 0.3) is 0 Å². The molecule has 0 saturated heterocycles. The standard InChI is InChI=1S/C18H24O2.C4H10/c1-18-9-8-14-13-5-3-12(19)10-11(13)2-4-15(14)16(18)6-7-17(18)20;1-3-4-2/h3,5,10,14-17,19-20H,2,4,6-9H2,1H3;3-4H2,1-2H3/t14?,15?,16?,17-,18?;/m0./s1. The van der Waals surface area contributed by atoms with Gasteiger partial charge in [0.2, 0.25) is 0 Å². The second-order valence-electron chi connectivity index (χ2n) is 8.44. The molecule has 1 aromatic carbocycles. The molecule has 2 N–H and O–H groups in total. The number of aliphatic hydroxyl groups is 1. The highest BCUT2D eigenvalue weighted by atomic mass is 16.3. The molecule has 3 aliphatic carbocycles. The van der Waals surface area contributed by atoms with Gasteiger partial charge < -0.3 is 10.2 Å². The maximum Gasteiger partial charge on any atom is 0.115 e. The summed E-state index contributed by atoms with van der Waals surface area (Å²) in [5.41, 5.74) is 2.99. The van der Waals surface area contributed by atoms with Crippen LogP contribution < -0.4 is 0 Å². The maximum absolute atomic E-state index is 10.4. The monoisotopic (exact) mass is 330 g/mol. The van der Waals surface area contributed by atoms with E-state index in [0.29, 0.717) is 17.6 Å². The first-order valence-electron chi connectivity index (χ1n) is 10.0. The first kappa shape index (κ1) is 17.8. The van der Waals surface area contributed by atoms with Crippen LogP contribution in [-0.4, -0.2) is 16.3 Å². The summed E-state index contributed by atoms with van der Waals surface area (Å²) in [6.45, 7) is 6.68. The van der Waals surface area contributed by atoms with Crippen LogP contribution in [0.2, 0.25) is 0 Å². The van der Waals surface area contributed by atoms with E-state index < -0.39 is 0 Å². The van der Waals surface area contributed by atoms with Gasteiger partial charge in [-0.3, -0.25) is 0 Å². The Hall–Kier alpha value is -1.02. The van der Waals surface area contributed by atoms with Crippen molar-refractivity contribution in [1.82, 2.24) is 0 Å². The summed E-state index contributed by atoms with van der Waals surface area (Å²) in [4.78, 5) is 0. The molecule has 24 heavy (non-hydrogen) atoms. The van der Waals surface area contributed by atoms with Crippen LogP contribution in [-0.2, 0) is 6.42 Å². The molecule has 2 fully saturated rings. The van der Waals surface area contributed by atoms with Gasteiger partial charge in [-0.05, 0) is 85.0 Å². The molecule has 2 nitrogen and oxygen atoms in total. The molecule has 2 saturated carbocycles. The molecule has 4 unspecified atom stereocenters. The second kappa shape index (κ2) is 7.07. The lowest BCUT2D eigenvalue weighted by atomic mass is 9.55. The van der Waals surface area contributed by atoms with Crippen molar-refractivity contribution < 1.29 is 10.2 Å². The molecular formula is C22H34O2. The summed E-state index contributed by atoms with van der Waals surface area (Å²) in [6.07, 6.45) is 9.42. The van der Waals surface area contributed by atoms with E-state index in [9.17, 15) is 10.2 Å². The van der Waals surface area contributed by atoms with E-state index in [1.54, 1.807) is 0 Å². The topological polar surface area (TPSA) is 40.5 Å². The second-order valence-corrected chi connectivity index (χ2v) is 8.44. The van der Waals surface area contributed by atoms with Crippen LogP contribution in [0.5, 0.6) is 5.75 Å². The third-order valence-electron chi connectivity index (χ3n) is 7.16. The van der Waals surface area contributed by atoms with Gasteiger partial charge in [-0.1, -0.05) is 39.7 Å². The zero-order chi connectivity index (χ0) is 17.3. The van der Waals surface area contributed by atoms with Gasteiger partial charge in [-0.15, -0.1) is 0 Å². The molecule has 1 aromatic rings. The van der Waals surface area contributed by atoms with Gasteiger partial charge in [-0.2, -0.15) is 0 Å². The minimum atomic E-state index is -0.0883. The number of unbranched alkanes of at least 4 members (excludes halogenated alkanes) is 1. The van der Waals surface area contributed by atoms with Gasteiger partial charge >= 0.3 is 0 Å². The molecule has 0 aliphatic heterocycles. The highest BCUT2D eigenvalue weighted by Crippen LogP contribution is 2.60. The van der Waals surface area contributed by atoms with Crippen molar-refractivity contribution in [2.45, 2.75) is 84.2 Å². The van der Waals surface area contributed by atoms with E-state index in [0.717, 1.165) is 25.2 Å². The smallest absolute Gasteiger partial charge is 0.115 e. The lowest BCUT2D eigenvalue weighted by Gasteiger charge is -2.50. The van der Waals surface area contributed by atoms with Crippen molar-refractivity contribution >= 4 is 0 Å². The Morgan fingerprint density at radius 1 is 1.08 bits per heavy atom. The summed E-state index contributed by atoms with van der Waals surface area (Å²) in [7, 11) is 0. The van der Waals surface area contributed by atoms with Crippen LogP contribution in [0.1, 0.15) is 82.8 Å². The third-order valence-corrected chi connectivity index (χ3v) is 7.16. The number of phenolic OH excluding ortho intramolecular Hbond substituents is 1. The molecule has 5 atom stereocenters. The number of hydrogen-bond donors (Lipinski definition) is 2. The normalized spacial score (nSPS) is 36.8. The molecule has 0 amide bonds. The maximum atomic E-state index is 10.4. The summed E-state index contributed by atoms with van der Waals surface area (Å²) >= 11 is 0. The minimum absolute atomic E-state index is 0.0883. The van der Waals surface area contributed by atoms with Crippen LogP contribution in [0.15, 0.2) is 18.2 Å². The molecule has 0 bridgehead atoms. The number of aryl methyl sites for hydroxylation is 1. The zero-order valence-electron chi connectivity index (χ0n) is 15.6. The Labute approximate surface area is 147 Å². The quantitative estimate of drug-likeness (QED) is 0.722. The lowest BCUT2D eigenvalue weighted by molar-refractivity contribution is -0.0226. The minimum Gasteiger partial charge on any atom is -0.508 e. The molecule has 2 heteroatoms. The van der Waals surface area contributed by atoms with Crippen molar-refractivity contribution in [2.75, 3.05) is 0 Å². The van der Waals surface area contributed by atoms with Crippen LogP contribution in [0, 0.1) is 17.3 Å². The van der Waals surface area contributed by atoms with Crippen LogP contribution in [0.3, 0.4) is 0 Å². The number of aromatic hydroxyl groups is 1. The first-order chi connectivity index (χ1) is 11.5. The Morgan fingerprint density at radius 3 is 2.54 bits per heavy atom. The van der Waals surface area contributed by atoms with E-state index in [4.69, 9.17) is 0 Å². The van der Waals surface area contributed by atoms with Gasteiger partial charge in [0.1, 0.15) is 5.75 Å². The largest absolute Gasteiger partial charge is 0.508 e. The van der Waals surface area contributed by atoms with E-state index in [1.165, 1.54) is 43.2 Å². The van der Waals surface area contributed by atoms with Crippen molar-refractivity contribution in [3.8, 4) is 5.75 Å². The van der Waals surface area contributed by atoms with Crippen molar-refractivity contribution in [2.24, 2.45) is 17.3 Å². The predicted octanol–water partition coefficient (Wildman–Crippen LogP) is 5.42. The molecule has 4 rings (SSSR count). The molecule has 0 radical (unpaired) electrons. The van der Waals surface area contributed by atoms with Crippen LogP contribution >= 0.6 is 0 Å². The number of rotatable bonds is 1. The fraction of sp³-hybridized carbons (Fsp3) is 0.727. The van der Waals surface area contributed by atoms with Crippen molar-refractivity contribution in [1.29, 1.82) is 0 Å². The van der Waals surface area contributed by atoms with Crippen molar-refractivity contribution in [3.05, 3.63) is 29.3 Å². The van der Waals surface area contributed by atoms with E-state index >= 15 is 0 Å². The molecule has 0 heterocycles. The van der Waals surface area contributed by atoms with Gasteiger partial charge in [0.15, 0.2) is 0 Å². The molecular weight excluding hydrogens is 296 g/mol. The van der Waals surface area contributed by atoms with Gasteiger partial charge in [-0.25, -0.2) is 0 Å². The predicted molar refractivity (Wildman–Crippen MR) is 99.3 cm³/mol. The van der Waals surface area contributed by atoms with Gasteiger partial charge in [0.25, 0.3) is 0 Å². The summed E-state index contributed by atoms with van der Waals surface area (Å²) in [6, 6.07) is 5.96. The van der Waals surface area contributed by atoms with E-state index in [2.05, 4.69) is 26.8 Å². The summed E-state index contributed by atoms with van der Waals surface area (Å²) < 4.78 is 0. The molecule has 0 spiro atoms. The SMILES string of the molecule is CC12CCC3c4ccc(O)cc4CCC3C1CC[C@@H]2O.CCCC. The van der Waals surface area contributed by atoms with E-state index in [1.807, 2.05) is 12.1 Å². The fourth-order valence-electron chi connectivity index (χ4n) is 5.54. The average Bonchev–Trinajstić information content (AvgIpc) is 2.90. The summed E-state index contributed by atoms with van der Waals surface area (Å²) in [5, 5.41) is 20.0. The first-order valence-corrected chi connectivity index (χ1v) is 10.0. The highest BCUT2D eigenvalue weighted by Gasteiger charge is 2.54. The Bertz CT molecular complexity index is 565. The number of hydrogen-bond acceptors (Lipinski definition) is 2. The third kappa shape index (κ3) is 2.98. The number of phenols is 1. The molecule has 134 valence electrons. The molecule has 0 aromatic heterocycles. The Kier molecular flexibility index (Phi) is 5.24. The van der Waals surface area contributed by atoms with Gasteiger partial charge in [0.05, 0.1) is 6.10 Å². The fourth-order valence-corrected chi connectivity index (χ4v) is 5.54. The van der Waals surface area contributed by atoms with Gasteiger partial charge in [0, 0.05) is 0 Å². The number of aliphatic hydroxyl groups excluding tert-OH is 1. The van der Waals surface area contributed by atoms with E-state index in [-0.39, 0.29) is 11.5 Å². The summed E-state index contributed by atoms with van der Waals surface area (Å²) in [5.74, 6) is 2.49. The Balaban J connectivity index is 0.000000383. The van der Waals surface area contributed by atoms with Crippen molar-refractivity contribution in [3.63, 3.8) is 0 Å². The highest BCUT2D eigenvalue weighted by molar-refractivity contribution is 5.40. The Morgan fingerprint density at radius 2 is 1.83 bits per heavy atom. The zero-order valence-corrected chi connectivity index (χ0v) is 15.6.